The molecule has 0 radical (unpaired) electrons. The first-order chi connectivity index (χ1) is 6.80. The second-order valence-corrected chi connectivity index (χ2v) is 3.53. The van der Waals surface area contributed by atoms with Gasteiger partial charge in [0.15, 0.2) is 0 Å². The maximum atomic E-state index is 12.1. The molecule has 0 N–H and O–H groups in total. The fourth-order valence-electron chi connectivity index (χ4n) is 0.888. The Morgan fingerprint density at radius 2 is 2.00 bits per heavy atom. The summed E-state index contributed by atoms with van der Waals surface area (Å²) in [5.41, 5.74) is 0. The van der Waals surface area contributed by atoms with Crippen LogP contribution in [-0.4, -0.2) is 35.2 Å². The minimum atomic E-state index is -4.54. The first-order valence-corrected chi connectivity index (χ1v) is 4.37. The first kappa shape index (κ1) is 12.0. The van der Waals surface area contributed by atoms with E-state index in [0.29, 0.717) is 6.42 Å². The predicted molar refractivity (Wildman–Crippen MR) is 46.2 cm³/mol. The number of aromatic nitrogens is 2. The Hall–Kier alpha value is -1.11. The van der Waals surface area contributed by atoms with Gasteiger partial charge < -0.3 is 9.42 Å². The number of hydrogen-bond acceptors (Lipinski definition) is 4. The van der Waals surface area contributed by atoms with E-state index in [1.807, 2.05) is 25.9 Å². The van der Waals surface area contributed by atoms with Crippen LogP contribution >= 0.6 is 0 Å². The van der Waals surface area contributed by atoms with Crippen molar-refractivity contribution in [3.05, 3.63) is 11.7 Å². The Balaban J connectivity index is 2.69. The number of rotatable bonds is 3. The third-order valence-electron chi connectivity index (χ3n) is 2.07. The van der Waals surface area contributed by atoms with E-state index in [9.17, 15) is 13.2 Å². The molecule has 1 atom stereocenters. The maximum Gasteiger partial charge on any atom is 0.455 e. The minimum absolute atomic E-state index is 0.00326. The molecular formula is C8H12F3N3O. The zero-order valence-corrected chi connectivity index (χ0v) is 8.67. The van der Waals surface area contributed by atoms with E-state index in [4.69, 9.17) is 0 Å². The average Bonchev–Trinajstić information content (AvgIpc) is 2.51. The third-order valence-corrected chi connectivity index (χ3v) is 2.07. The molecule has 0 bridgehead atoms. The molecule has 1 aromatic rings. The van der Waals surface area contributed by atoms with E-state index in [0.717, 1.165) is 0 Å². The summed E-state index contributed by atoms with van der Waals surface area (Å²) in [6.07, 6.45) is -4.24. The van der Waals surface area contributed by atoms with Gasteiger partial charge in [0.1, 0.15) is 0 Å². The molecule has 0 saturated carbocycles. The molecule has 0 fully saturated rings. The van der Waals surface area contributed by atoms with Crippen molar-refractivity contribution in [3.63, 3.8) is 0 Å². The lowest BCUT2D eigenvalue weighted by Gasteiger charge is -2.16. The van der Waals surface area contributed by atoms with Crippen LogP contribution in [-0.2, 0) is 12.6 Å². The van der Waals surface area contributed by atoms with Crippen molar-refractivity contribution in [1.82, 2.24) is 15.0 Å². The molecule has 0 aromatic carbocycles. The highest BCUT2D eigenvalue weighted by Gasteiger charge is 2.37. The fraction of sp³-hybridized carbons (Fsp3) is 0.750. The SMILES string of the molecule is C[C@H](Cc1nc(C(F)(F)F)no1)N(C)C. The lowest BCUT2D eigenvalue weighted by molar-refractivity contribution is -0.146. The second kappa shape index (κ2) is 4.18. The Morgan fingerprint density at radius 1 is 1.40 bits per heavy atom. The number of hydrogen-bond donors (Lipinski definition) is 0. The van der Waals surface area contributed by atoms with Crippen LogP contribution in [0.3, 0.4) is 0 Å². The predicted octanol–water partition coefficient (Wildman–Crippen LogP) is 1.58. The molecule has 0 amide bonds. The van der Waals surface area contributed by atoms with Crippen molar-refractivity contribution < 1.29 is 17.7 Å². The molecule has 0 aliphatic rings. The lowest BCUT2D eigenvalue weighted by Crippen LogP contribution is -2.26. The zero-order valence-electron chi connectivity index (χ0n) is 8.67. The van der Waals surface area contributed by atoms with Crippen molar-refractivity contribution in [2.24, 2.45) is 0 Å². The number of nitrogens with zero attached hydrogens (tertiary/aromatic N) is 3. The van der Waals surface area contributed by atoms with Gasteiger partial charge in [-0.1, -0.05) is 5.16 Å². The summed E-state index contributed by atoms with van der Waals surface area (Å²) in [6.45, 7) is 1.86. The summed E-state index contributed by atoms with van der Waals surface area (Å²) >= 11 is 0. The molecule has 7 heteroatoms. The number of alkyl halides is 3. The molecule has 1 aromatic heterocycles. The monoisotopic (exact) mass is 223 g/mol. The van der Waals surface area contributed by atoms with Gasteiger partial charge in [-0.05, 0) is 21.0 Å². The fourth-order valence-corrected chi connectivity index (χ4v) is 0.888. The first-order valence-electron chi connectivity index (χ1n) is 4.37. The highest BCUT2D eigenvalue weighted by molar-refractivity contribution is 4.92. The zero-order chi connectivity index (χ0) is 11.6. The van der Waals surface area contributed by atoms with E-state index in [1.54, 1.807) is 0 Å². The lowest BCUT2D eigenvalue weighted by atomic mass is 10.2. The van der Waals surface area contributed by atoms with Crippen LogP contribution in [0.25, 0.3) is 0 Å². The molecule has 0 aliphatic heterocycles. The molecule has 15 heavy (non-hydrogen) atoms. The van der Waals surface area contributed by atoms with Gasteiger partial charge in [-0.25, -0.2) is 0 Å². The van der Waals surface area contributed by atoms with Gasteiger partial charge >= 0.3 is 6.18 Å². The third kappa shape index (κ3) is 3.19. The minimum Gasteiger partial charge on any atom is -0.339 e. The van der Waals surface area contributed by atoms with Gasteiger partial charge in [0.2, 0.25) is 5.89 Å². The average molecular weight is 223 g/mol. The van der Waals surface area contributed by atoms with Crippen molar-refractivity contribution >= 4 is 0 Å². The largest absolute Gasteiger partial charge is 0.455 e. The van der Waals surface area contributed by atoms with Gasteiger partial charge in [-0.3, -0.25) is 0 Å². The van der Waals surface area contributed by atoms with Crippen LogP contribution in [0.1, 0.15) is 18.6 Å². The topological polar surface area (TPSA) is 42.2 Å². The summed E-state index contributed by atoms with van der Waals surface area (Å²) in [5, 5.41) is 2.87. The van der Waals surface area contributed by atoms with Crippen LogP contribution in [0.5, 0.6) is 0 Å². The van der Waals surface area contributed by atoms with Crippen LogP contribution in [0, 0.1) is 0 Å². The Labute approximate surface area is 85.1 Å². The molecule has 0 aliphatic carbocycles. The smallest absolute Gasteiger partial charge is 0.339 e. The van der Waals surface area contributed by atoms with Crippen molar-refractivity contribution in [2.75, 3.05) is 14.1 Å². The Morgan fingerprint density at radius 3 is 2.40 bits per heavy atom. The maximum absolute atomic E-state index is 12.1. The molecule has 1 heterocycles. The molecule has 4 nitrogen and oxygen atoms in total. The van der Waals surface area contributed by atoms with E-state index in [-0.39, 0.29) is 11.9 Å². The van der Waals surface area contributed by atoms with Gasteiger partial charge in [0, 0.05) is 12.5 Å². The van der Waals surface area contributed by atoms with Gasteiger partial charge in [0.25, 0.3) is 5.82 Å². The standard InChI is InChI=1S/C8H12F3N3O/c1-5(14(2)3)4-6-12-7(13-15-6)8(9,10)11/h5H,4H2,1-3H3/t5-/m1/s1. The number of halogens is 3. The van der Waals surface area contributed by atoms with Crippen molar-refractivity contribution in [2.45, 2.75) is 25.6 Å². The Kier molecular flexibility index (Phi) is 3.33. The van der Waals surface area contributed by atoms with Crippen LogP contribution in [0.2, 0.25) is 0 Å². The normalized spacial score (nSPS) is 14.6. The highest BCUT2D eigenvalue weighted by atomic mass is 19.4. The molecule has 86 valence electrons. The quantitative estimate of drug-likeness (QED) is 0.780. The van der Waals surface area contributed by atoms with Crippen LogP contribution < -0.4 is 0 Å². The molecular weight excluding hydrogens is 211 g/mol. The van der Waals surface area contributed by atoms with E-state index in [2.05, 4.69) is 14.7 Å². The Bertz CT molecular complexity index is 321. The molecule has 0 unspecified atom stereocenters. The highest BCUT2D eigenvalue weighted by Crippen LogP contribution is 2.26. The summed E-state index contributed by atoms with van der Waals surface area (Å²) < 4.78 is 40.8. The molecule has 0 spiro atoms. The van der Waals surface area contributed by atoms with Crippen LogP contribution in [0.15, 0.2) is 4.52 Å². The molecule has 1 rings (SSSR count). The van der Waals surface area contributed by atoms with Crippen LogP contribution in [0.4, 0.5) is 13.2 Å². The molecule has 0 saturated heterocycles. The summed E-state index contributed by atoms with van der Waals surface area (Å²) in [5.74, 6) is -1.22. The van der Waals surface area contributed by atoms with Gasteiger partial charge in [0.05, 0.1) is 0 Å². The summed E-state index contributed by atoms with van der Waals surface area (Å²) in [6, 6.07) is 0.0477. The summed E-state index contributed by atoms with van der Waals surface area (Å²) in [4.78, 5) is 5.13. The van der Waals surface area contributed by atoms with Crippen molar-refractivity contribution in [3.8, 4) is 0 Å². The van der Waals surface area contributed by atoms with E-state index in [1.165, 1.54) is 0 Å². The van der Waals surface area contributed by atoms with Gasteiger partial charge in [-0.2, -0.15) is 18.2 Å². The van der Waals surface area contributed by atoms with Gasteiger partial charge in [-0.15, -0.1) is 0 Å². The number of likely N-dealkylation sites (N-methyl/N-ethyl adjacent to an activating group) is 1. The van der Waals surface area contributed by atoms with E-state index >= 15 is 0 Å². The second-order valence-electron chi connectivity index (χ2n) is 3.53. The van der Waals surface area contributed by atoms with E-state index < -0.39 is 12.0 Å². The van der Waals surface area contributed by atoms with Crippen molar-refractivity contribution in [1.29, 1.82) is 0 Å². The summed E-state index contributed by atoms with van der Waals surface area (Å²) in [7, 11) is 3.65.